The minimum atomic E-state index is -4.45. The van der Waals surface area contributed by atoms with Gasteiger partial charge in [-0.2, -0.15) is 13.2 Å². The van der Waals surface area contributed by atoms with Crippen molar-refractivity contribution < 1.29 is 32.5 Å². The molecular weight excluding hydrogens is 523 g/mol. The van der Waals surface area contributed by atoms with Gasteiger partial charge in [0.15, 0.2) is 0 Å². The third-order valence-corrected chi connectivity index (χ3v) is 6.67. The smallest absolute Gasteiger partial charge is 0.417 e. The van der Waals surface area contributed by atoms with Gasteiger partial charge in [0.05, 0.1) is 17.2 Å². The zero-order chi connectivity index (χ0) is 28.1. The van der Waals surface area contributed by atoms with E-state index in [2.05, 4.69) is 9.88 Å². The Balaban J connectivity index is 1.22. The number of pyridine rings is 2. The highest BCUT2D eigenvalue weighted by atomic mass is 19.4. The van der Waals surface area contributed by atoms with Crippen LogP contribution < -0.4 is 14.4 Å². The third-order valence-electron chi connectivity index (χ3n) is 6.67. The Morgan fingerprint density at radius 3 is 2.38 bits per heavy atom. The molecule has 0 aliphatic carbocycles. The summed E-state index contributed by atoms with van der Waals surface area (Å²) in [6.45, 7) is 1.55. The first-order chi connectivity index (χ1) is 19.3. The number of nitrogens with zero attached hydrogens (tertiary/aromatic N) is 3. The molecule has 1 aliphatic rings. The maximum atomic E-state index is 12.7. The summed E-state index contributed by atoms with van der Waals surface area (Å²) in [7, 11) is 0. The summed E-state index contributed by atoms with van der Waals surface area (Å²) in [5.74, 6) is 0.901. The number of halogens is 3. The van der Waals surface area contributed by atoms with Gasteiger partial charge in [0, 0.05) is 30.9 Å². The Labute approximate surface area is 228 Å². The number of carboxylic acid groups (broad SMARTS) is 1. The van der Waals surface area contributed by atoms with Crippen LogP contribution in [0, 0.1) is 5.92 Å². The number of anilines is 1. The van der Waals surface area contributed by atoms with Crippen molar-refractivity contribution in [2.45, 2.75) is 25.6 Å². The van der Waals surface area contributed by atoms with E-state index in [9.17, 15) is 23.1 Å². The molecule has 206 valence electrons. The van der Waals surface area contributed by atoms with Gasteiger partial charge in [0.25, 0.3) is 0 Å². The Morgan fingerprint density at radius 1 is 0.950 bits per heavy atom. The second kappa shape index (κ2) is 11.6. The van der Waals surface area contributed by atoms with Crippen LogP contribution in [-0.2, 0) is 17.6 Å². The van der Waals surface area contributed by atoms with E-state index >= 15 is 0 Å². The summed E-state index contributed by atoms with van der Waals surface area (Å²) in [4.78, 5) is 21.9. The average Bonchev–Trinajstić information content (AvgIpc) is 2.97. The summed E-state index contributed by atoms with van der Waals surface area (Å²) in [6.07, 6.45) is -2.54. The number of ether oxygens (including phenoxy) is 2. The van der Waals surface area contributed by atoms with Crippen molar-refractivity contribution in [3.63, 3.8) is 0 Å². The van der Waals surface area contributed by atoms with Gasteiger partial charge in [-0.05, 0) is 60.9 Å². The molecule has 0 radical (unpaired) electrons. The van der Waals surface area contributed by atoms with Crippen LogP contribution in [0.1, 0.15) is 24.0 Å². The number of hydrogen-bond donors (Lipinski definition) is 1. The van der Waals surface area contributed by atoms with E-state index in [0.29, 0.717) is 37.4 Å². The Morgan fingerprint density at radius 2 is 1.70 bits per heavy atom. The number of alkyl halides is 3. The summed E-state index contributed by atoms with van der Waals surface area (Å²) < 4.78 is 49.9. The molecule has 1 aliphatic heterocycles. The summed E-state index contributed by atoms with van der Waals surface area (Å²) in [5, 5.41) is 9.27. The summed E-state index contributed by atoms with van der Waals surface area (Å²) >= 11 is 0. The molecule has 7 nitrogen and oxygen atoms in total. The predicted octanol–water partition coefficient (Wildman–Crippen LogP) is 6.83. The lowest BCUT2D eigenvalue weighted by Gasteiger charge is -2.31. The van der Waals surface area contributed by atoms with Crippen molar-refractivity contribution >= 4 is 11.8 Å². The molecule has 4 aromatic rings. The van der Waals surface area contributed by atoms with Gasteiger partial charge in [-0.25, -0.2) is 9.97 Å². The molecule has 10 heteroatoms. The molecule has 0 spiro atoms. The van der Waals surface area contributed by atoms with Crippen LogP contribution in [0.4, 0.5) is 19.0 Å². The number of piperidine rings is 1. The van der Waals surface area contributed by atoms with E-state index in [1.54, 1.807) is 12.1 Å². The number of carbonyl (C=O) groups is 1. The monoisotopic (exact) mass is 549 g/mol. The van der Waals surface area contributed by atoms with Gasteiger partial charge in [-0.1, -0.05) is 30.3 Å². The van der Waals surface area contributed by atoms with Gasteiger partial charge in [0.2, 0.25) is 5.88 Å². The first-order valence-electron chi connectivity index (χ1n) is 12.7. The topological polar surface area (TPSA) is 84.8 Å². The van der Waals surface area contributed by atoms with E-state index in [-0.39, 0.29) is 18.4 Å². The SMILES string of the molecule is O=C(O)C1CCN(c2cccc(-c3ccccc3OCc3ccc(Oc4ccc(C(F)(F)F)cn4)cc3)n2)CC1. The lowest BCUT2D eigenvalue weighted by molar-refractivity contribution is -0.142. The zero-order valence-corrected chi connectivity index (χ0v) is 21.3. The van der Waals surface area contributed by atoms with Crippen molar-refractivity contribution in [3.8, 4) is 28.6 Å². The summed E-state index contributed by atoms with van der Waals surface area (Å²) in [5.41, 5.74) is 1.61. The van der Waals surface area contributed by atoms with Crippen molar-refractivity contribution in [3.05, 3.63) is 96.2 Å². The van der Waals surface area contributed by atoms with Crippen LogP contribution in [0.15, 0.2) is 85.1 Å². The largest absolute Gasteiger partial charge is 0.488 e. The average molecular weight is 550 g/mol. The van der Waals surface area contributed by atoms with E-state index in [4.69, 9.17) is 14.5 Å². The molecule has 0 bridgehead atoms. The van der Waals surface area contributed by atoms with Crippen molar-refractivity contribution in [1.29, 1.82) is 0 Å². The number of aromatic nitrogens is 2. The Kier molecular flexibility index (Phi) is 7.86. The fourth-order valence-electron chi connectivity index (χ4n) is 4.45. The number of benzene rings is 2. The third kappa shape index (κ3) is 6.51. The van der Waals surface area contributed by atoms with Crippen molar-refractivity contribution in [1.82, 2.24) is 9.97 Å². The quantitative estimate of drug-likeness (QED) is 0.258. The molecule has 2 aromatic heterocycles. The molecule has 2 aromatic carbocycles. The van der Waals surface area contributed by atoms with Crippen LogP contribution in [0.5, 0.6) is 17.4 Å². The maximum absolute atomic E-state index is 12.7. The van der Waals surface area contributed by atoms with E-state index in [1.807, 2.05) is 54.6 Å². The predicted molar refractivity (Wildman–Crippen MR) is 142 cm³/mol. The van der Waals surface area contributed by atoms with E-state index in [1.165, 1.54) is 6.07 Å². The zero-order valence-electron chi connectivity index (χ0n) is 21.3. The van der Waals surface area contributed by atoms with Gasteiger partial charge in [0.1, 0.15) is 23.9 Å². The molecule has 0 unspecified atom stereocenters. The second-order valence-electron chi connectivity index (χ2n) is 9.39. The molecule has 1 fully saturated rings. The number of hydrogen-bond acceptors (Lipinski definition) is 6. The summed E-state index contributed by atoms with van der Waals surface area (Å²) in [6, 6.07) is 22.5. The molecule has 0 atom stereocenters. The minimum absolute atomic E-state index is 0.0620. The molecule has 0 amide bonds. The van der Waals surface area contributed by atoms with Crippen LogP contribution in [-0.4, -0.2) is 34.1 Å². The van der Waals surface area contributed by atoms with E-state index in [0.717, 1.165) is 34.9 Å². The molecule has 3 heterocycles. The van der Waals surface area contributed by atoms with Gasteiger partial charge >= 0.3 is 12.1 Å². The maximum Gasteiger partial charge on any atom is 0.417 e. The Bertz CT molecular complexity index is 1450. The number of para-hydroxylation sites is 1. The van der Waals surface area contributed by atoms with Crippen LogP contribution in [0.2, 0.25) is 0 Å². The highest BCUT2D eigenvalue weighted by molar-refractivity contribution is 5.71. The van der Waals surface area contributed by atoms with Crippen LogP contribution in [0.3, 0.4) is 0 Å². The first kappa shape index (κ1) is 27.0. The minimum Gasteiger partial charge on any atom is -0.488 e. The number of aliphatic carboxylic acids is 1. The number of rotatable bonds is 8. The van der Waals surface area contributed by atoms with Crippen molar-refractivity contribution in [2.24, 2.45) is 5.92 Å². The lowest BCUT2D eigenvalue weighted by Crippen LogP contribution is -2.36. The standard InChI is InChI=1S/C30H26F3N3O4/c31-30(32,33)22-10-13-28(34-18-22)40-23-11-8-20(9-12-23)19-39-26-6-2-1-4-24(26)25-5-3-7-27(35-25)36-16-14-21(15-17-36)29(37)38/h1-13,18,21H,14-17,19H2,(H,37,38). The van der Waals surface area contributed by atoms with Gasteiger partial charge < -0.3 is 19.5 Å². The van der Waals surface area contributed by atoms with Gasteiger partial charge in [-0.3, -0.25) is 4.79 Å². The molecule has 40 heavy (non-hydrogen) atoms. The molecule has 1 N–H and O–H groups in total. The van der Waals surface area contributed by atoms with Gasteiger partial charge in [-0.15, -0.1) is 0 Å². The molecular formula is C30H26F3N3O4. The Hall–Kier alpha value is -4.60. The first-order valence-corrected chi connectivity index (χ1v) is 12.7. The highest BCUT2D eigenvalue weighted by Crippen LogP contribution is 2.32. The van der Waals surface area contributed by atoms with Crippen LogP contribution in [0.25, 0.3) is 11.3 Å². The number of carboxylic acids is 1. The van der Waals surface area contributed by atoms with Crippen LogP contribution >= 0.6 is 0 Å². The van der Waals surface area contributed by atoms with E-state index < -0.39 is 17.7 Å². The molecule has 0 saturated carbocycles. The molecule has 5 rings (SSSR count). The lowest BCUT2D eigenvalue weighted by atomic mass is 9.97. The fraction of sp³-hybridized carbons (Fsp3) is 0.233. The molecule has 1 saturated heterocycles. The normalized spacial score (nSPS) is 14.1. The second-order valence-corrected chi connectivity index (χ2v) is 9.39. The fourth-order valence-corrected chi connectivity index (χ4v) is 4.45. The highest BCUT2D eigenvalue weighted by Gasteiger charge is 2.30. The van der Waals surface area contributed by atoms with Crippen molar-refractivity contribution in [2.75, 3.05) is 18.0 Å².